The number of benzene rings is 2. The van der Waals surface area contributed by atoms with Crippen molar-refractivity contribution < 1.29 is 19.0 Å². The Morgan fingerprint density at radius 1 is 1.06 bits per heavy atom. The lowest BCUT2D eigenvalue weighted by Crippen LogP contribution is -2.40. The van der Waals surface area contributed by atoms with Crippen molar-refractivity contribution in [1.29, 1.82) is 0 Å². The van der Waals surface area contributed by atoms with Gasteiger partial charge in [-0.3, -0.25) is 4.79 Å². The highest BCUT2D eigenvalue weighted by Gasteiger charge is 2.22. The fraction of sp³-hybridized carbons (Fsp3) is 0.464. The van der Waals surface area contributed by atoms with Crippen LogP contribution in [0.2, 0.25) is 0 Å². The number of amides is 1. The summed E-state index contributed by atoms with van der Waals surface area (Å²) < 4.78 is 16.3. The summed E-state index contributed by atoms with van der Waals surface area (Å²) >= 11 is 0. The molecule has 0 spiro atoms. The van der Waals surface area contributed by atoms with Crippen molar-refractivity contribution in [2.24, 2.45) is 0 Å². The molecule has 0 radical (unpaired) electrons. The van der Waals surface area contributed by atoms with Gasteiger partial charge < -0.3 is 24.0 Å². The normalized spacial score (nSPS) is 16.4. The largest absolute Gasteiger partial charge is 0.493 e. The van der Waals surface area contributed by atoms with E-state index in [2.05, 4.69) is 36.1 Å². The molecule has 0 bridgehead atoms. The van der Waals surface area contributed by atoms with E-state index in [9.17, 15) is 4.79 Å². The Morgan fingerprint density at radius 3 is 2.38 bits per heavy atom. The number of ether oxygens (including phenoxy) is 3. The van der Waals surface area contributed by atoms with Gasteiger partial charge in [0.1, 0.15) is 0 Å². The first-order valence-electron chi connectivity index (χ1n) is 12.1. The summed E-state index contributed by atoms with van der Waals surface area (Å²) in [7, 11) is 4.68. The summed E-state index contributed by atoms with van der Waals surface area (Å²) in [4.78, 5) is 18.0. The molecule has 3 rings (SSSR count). The number of carbonyl (C=O) groups excluding carboxylic acids is 1. The van der Waals surface area contributed by atoms with E-state index in [-0.39, 0.29) is 5.91 Å². The monoisotopic (exact) mass is 466 g/mol. The second-order valence-corrected chi connectivity index (χ2v) is 8.71. The lowest BCUT2D eigenvalue weighted by atomic mass is 10.0. The molecule has 2 aromatic carbocycles. The molecule has 34 heavy (non-hydrogen) atoms. The first-order valence-corrected chi connectivity index (χ1v) is 12.1. The molecule has 0 N–H and O–H groups in total. The van der Waals surface area contributed by atoms with Crippen molar-refractivity contribution in [1.82, 2.24) is 9.80 Å². The van der Waals surface area contributed by atoms with Gasteiger partial charge in [0, 0.05) is 31.2 Å². The van der Waals surface area contributed by atoms with Gasteiger partial charge in [0.05, 0.1) is 21.3 Å². The van der Waals surface area contributed by atoms with Crippen LogP contribution in [0.5, 0.6) is 17.2 Å². The SMILES string of the molecule is COc1cc(C(=O)N(C/C=C/c2ccccc2)CCCN2CCCCC2C)cc(OC)c1OC. The molecule has 0 aliphatic carbocycles. The third-order valence-electron chi connectivity index (χ3n) is 6.45. The molecule has 1 aliphatic rings. The standard InChI is InChI=1S/C28H38N2O4/c1-22-12-8-9-16-29(22)18-11-19-30(17-10-15-23-13-6-5-7-14-23)28(31)24-20-25(32-2)27(34-4)26(21-24)33-3/h5-7,10,13-15,20-22H,8-9,11-12,16-19H2,1-4H3/b15-10+. The first kappa shape index (κ1) is 25.6. The van der Waals surface area contributed by atoms with Gasteiger partial charge in [-0.2, -0.15) is 0 Å². The van der Waals surface area contributed by atoms with Gasteiger partial charge in [0.2, 0.25) is 5.75 Å². The third kappa shape index (κ3) is 6.76. The number of carbonyl (C=O) groups is 1. The van der Waals surface area contributed by atoms with Gasteiger partial charge >= 0.3 is 0 Å². The summed E-state index contributed by atoms with van der Waals surface area (Å²) in [5.41, 5.74) is 1.64. The number of nitrogens with zero attached hydrogens (tertiary/aromatic N) is 2. The van der Waals surface area contributed by atoms with Gasteiger partial charge in [0.15, 0.2) is 11.5 Å². The molecule has 1 heterocycles. The minimum absolute atomic E-state index is 0.0522. The van der Waals surface area contributed by atoms with Crippen LogP contribution in [0.4, 0.5) is 0 Å². The van der Waals surface area contributed by atoms with Gasteiger partial charge in [-0.25, -0.2) is 0 Å². The van der Waals surface area contributed by atoms with Crippen LogP contribution >= 0.6 is 0 Å². The summed E-state index contributed by atoms with van der Waals surface area (Å²) in [5, 5.41) is 0. The maximum Gasteiger partial charge on any atom is 0.254 e. The summed E-state index contributed by atoms with van der Waals surface area (Å²) in [6.07, 6.45) is 8.87. The Morgan fingerprint density at radius 2 is 1.76 bits per heavy atom. The molecule has 0 saturated carbocycles. The Kier molecular flexibility index (Phi) is 9.83. The number of rotatable bonds is 11. The number of piperidine rings is 1. The second-order valence-electron chi connectivity index (χ2n) is 8.71. The van der Waals surface area contributed by atoms with Crippen LogP contribution in [0.3, 0.4) is 0 Å². The summed E-state index contributed by atoms with van der Waals surface area (Å²) in [6, 6.07) is 14.2. The molecular formula is C28H38N2O4. The van der Waals surface area contributed by atoms with Crippen LogP contribution in [0, 0.1) is 0 Å². The van der Waals surface area contributed by atoms with Crippen molar-refractivity contribution in [3.63, 3.8) is 0 Å². The number of hydrogen-bond donors (Lipinski definition) is 0. The van der Waals surface area contributed by atoms with Gasteiger partial charge in [-0.05, 0) is 50.4 Å². The molecule has 0 aromatic heterocycles. The van der Waals surface area contributed by atoms with Gasteiger partial charge in [0.25, 0.3) is 5.91 Å². The van der Waals surface area contributed by atoms with Gasteiger partial charge in [-0.1, -0.05) is 48.9 Å². The smallest absolute Gasteiger partial charge is 0.254 e. The van der Waals surface area contributed by atoms with Gasteiger partial charge in [-0.15, -0.1) is 0 Å². The van der Waals surface area contributed by atoms with Crippen molar-refractivity contribution in [2.75, 3.05) is 47.5 Å². The molecule has 1 saturated heterocycles. The van der Waals surface area contributed by atoms with Crippen molar-refractivity contribution >= 4 is 12.0 Å². The highest BCUT2D eigenvalue weighted by molar-refractivity contribution is 5.95. The average molecular weight is 467 g/mol. The predicted molar refractivity (Wildman–Crippen MR) is 137 cm³/mol. The highest BCUT2D eigenvalue weighted by atomic mass is 16.5. The zero-order valence-electron chi connectivity index (χ0n) is 21.0. The topological polar surface area (TPSA) is 51.2 Å². The Balaban J connectivity index is 1.77. The number of methoxy groups -OCH3 is 3. The van der Waals surface area contributed by atoms with E-state index >= 15 is 0 Å². The number of hydrogen-bond acceptors (Lipinski definition) is 5. The molecule has 184 valence electrons. The van der Waals surface area contributed by atoms with E-state index in [1.165, 1.54) is 19.3 Å². The van der Waals surface area contributed by atoms with Crippen LogP contribution < -0.4 is 14.2 Å². The first-order chi connectivity index (χ1) is 16.6. The molecule has 1 atom stereocenters. The molecule has 2 aromatic rings. The lowest BCUT2D eigenvalue weighted by Gasteiger charge is -2.34. The fourth-order valence-corrected chi connectivity index (χ4v) is 4.50. The molecule has 6 nitrogen and oxygen atoms in total. The van der Waals surface area contributed by atoms with E-state index in [0.717, 1.165) is 25.1 Å². The Bertz CT molecular complexity index is 920. The van der Waals surface area contributed by atoms with Crippen LogP contribution in [0.25, 0.3) is 6.08 Å². The minimum atomic E-state index is -0.0522. The highest BCUT2D eigenvalue weighted by Crippen LogP contribution is 2.38. The van der Waals surface area contributed by atoms with E-state index in [1.807, 2.05) is 23.1 Å². The lowest BCUT2D eigenvalue weighted by molar-refractivity contribution is 0.0758. The number of likely N-dealkylation sites (tertiary alicyclic amines) is 1. The fourth-order valence-electron chi connectivity index (χ4n) is 4.50. The predicted octanol–water partition coefficient (Wildman–Crippen LogP) is 5.13. The molecule has 1 unspecified atom stereocenters. The second kappa shape index (κ2) is 13.0. The Labute approximate surface area is 204 Å². The van der Waals surface area contributed by atoms with E-state index in [1.54, 1.807) is 33.5 Å². The van der Waals surface area contributed by atoms with E-state index in [0.29, 0.717) is 41.9 Å². The van der Waals surface area contributed by atoms with Crippen LogP contribution in [-0.2, 0) is 0 Å². The Hall–Kier alpha value is -2.99. The van der Waals surface area contributed by atoms with Crippen molar-refractivity contribution in [3.8, 4) is 17.2 Å². The summed E-state index contributed by atoms with van der Waals surface area (Å²) in [6.45, 7) is 5.66. The summed E-state index contributed by atoms with van der Waals surface area (Å²) in [5.74, 6) is 1.39. The van der Waals surface area contributed by atoms with Crippen LogP contribution in [-0.4, -0.2) is 69.3 Å². The quantitative estimate of drug-likeness (QED) is 0.459. The van der Waals surface area contributed by atoms with Crippen LogP contribution in [0.15, 0.2) is 48.5 Å². The average Bonchev–Trinajstić information content (AvgIpc) is 2.88. The molecule has 6 heteroatoms. The van der Waals surface area contributed by atoms with E-state index in [4.69, 9.17) is 14.2 Å². The van der Waals surface area contributed by atoms with Crippen molar-refractivity contribution in [2.45, 2.75) is 38.6 Å². The third-order valence-corrected chi connectivity index (χ3v) is 6.45. The van der Waals surface area contributed by atoms with E-state index < -0.39 is 0 Å². The minimum Gasteiger partial charge on any atom is -0.493 e. The maximum atomic E-state index is 13.6. The molecule has 1 fully saturated rings. The van der Waals surface area contributed by atoms with Crippen molar-refractivity contribution in [3.05, 3.63) is 59.7 Å². The zero-order valence-corrected chi connectivity index (χ0v) is 21.0. The molecular weight excluding hydrogens is 428 g/mol. The molecule has 1 aliphatic heterocycles. The van der Waals surface area contributed by atoms with Crippen LogP contribution in [0.1, 0.15) is 48.5 Å². The zero-order chi connectivity index (χ0) is 24.3. The maximum absolute atomic E-state index is 13.6. The molecule has 1 amide bonds.